The molecule has 3 atom stereocenters. The van der Waals surface area contributed by atoms with E-state index < -0.39 is 0 Å². The lowest BCUT2D eigenvalue weighted by molar-refractivity contribution is -0.142. The smallest absolute Gasteiger partial charge is 0.220 e. The Labute approximate surface area is 148 Å². The van der Waals surface area contributed by atoms with Crippen molar-refractivity contribution < 1.29 is 9.53 Å². The first-order valence-corrected chi connectivity index (χ1v) is 8.78. The van der Waals surface area contributed by atoms with Gasteiger partial charge in [0.1, 0.15) is 0 Å². The van der Waals surface area contributed by atoms with Gasteiger partial charge in [-0.25, -0.2) is 0 Å². The maximum Gasteiger partial charge on any atom is 0.220 e. The van der Waals surface area contributed by atoms with Crippen LogP contribution in [0.4, 0.5) is 0 Å². The predicted octanol–water partition coefficient (Wildman–Crippen LogP) is 2.52. The summed E-state index contributed by atoms with van der Waals surface area (Å²) in [5.74, 6) is 0.0435. The monoisotopic (exact) mass is 342 g/mol. The second kappa shape index (κ2) is 7.35. The molecule has 1 N–H and O–H groups in total. The third-order valence-electron chi connectivity index (χ3n) is 4.30. The standard InChI is InChI=1S/C19H26N4O2/c1-19(2,3)25-16-13-15(18(16)23-12-6-11-21-23)22-17(24)9-8-14-7-4-5-10-20-14/h4-7,10-12,15-16,18H,8-9,13H2,1-3H3,(H,22,24). The topological polar surface area (TPSA) is 69.0 Å². The number of amides is 1. The van der Waals surface area contributed by atoms with Crippen molar-refractivity contribution in [1.82, 2.24) is 20.1 Å². The van der Waals surface area contributed by atoms with Crippen LogP contribution in [0.2, 0.25) is 0 Å². The molecule has 2 aromatic heterocycles. The van der Waals surface area contributed by atoms with E-state index in [2.05, 4.69) is 15.4 Å². The summed E-state index contributed by atoms with van der Waals surface area (Å²) in [6.45, 7) is 6.14. The van der Waals surface area contributed by atoms with Crippen LogP contribution in [0.15, 0.2) is 42.9 Å². The van der Waals surface area contributed by atoms with E-state index in [-0.39, 0.29) is 29.7 Å². The molecule has 1 aliphatic carbocycles. The number of aromatic nitrogens is 3. The van der Waals surface area contributed by atoms with Crippen molar-refractivity contribution in [3.05, 3.63) is 48.5 Å². The molecule has 0 aliphatic heterocycles. The molecule has 1 amide bonds. The number of nitrogens with zero attached hydrogens (tertiary/aromatic N) is 3. The van der Waals surface area contributed by atoms with Crippen LogP contribution in [0.3, 0.4) is 0 Å². The van der Waals surface area contributed by atoms with Gasteiger partial charge in [-0.3, -0.25) is 14.5 Å². The van der Waals surface area contributed by atoms with Crippen LogP contribution in [0.5, 0.6) is 0 Å². The fourth-order valence-corrected chi connectivity index (χ4v) is 3.19. The van der Waals surface area contributed by atoms with E-state index in [1.807, 2.05) is 55.9 Å². The molecule has 0 saturated heterocycles. The number of hydrogen-bond donors (Lipinski definition) is 1. The molecule has 2 heterocycles. The third kappa shape index (κ3) is 4.66. The van der Waals surface area contributed by atoms with E-state index in [0.717, 1.165) is 12.1 Å². The summed E-state index contributed by atoms with van der Waals surface area (Å²) in [5, 5.41) is 7.48. The van der Waals surface area contributed by atoms with Crippen LogP contribution in [0.25, 0.3) is 0 Å². The number of rotatable bonds is 6. The van der Waals surface area contributed by atoms with Gasteiger partial charge < -0.3 is 10.1 Å². The van der Waals surface area contributed by atoms with E-state index in [1.165, 1.54) is 0 Å². The second-order valence-corrected chi connectivity index (χ2v) is 7.48. The molecule has 0 spiro atoms. The highest BCUT2D eigenvalue weighted by molar-refractivity contribution is 5.76. The van der Waals surface area contributed by atoms with E-state index >= 15 is 0 Å². The summed E-state index contributed by atoms with van der Waals surface area (Å²) in [6.07, 6.45) is 7.37. The van der Waals surface area contributed by atoms with Crippen molar-refractivity contribution in [2.45, 2.75) is 63.8 Å². The molecule has 25 heavy (non-hydrogen) atoms. The predicted molar refractivity (Wildman–Crippen MR) is 95.0 cm³/mol. The minimum Gasteiger partial charge on any atom is -0.370 e. The lowest BCUT2D eigenvalue weighted by Crippen LogP contribution is -2.58. The number of ether oxygens (including phenoxy) is 1. The summed E-state index contributed by atoms with van der Waals surface area (Å²) in [7, 11) is 0. The van der Waals surface area contributed by atoms with Crippen molar-refractivity contribution in [3.63, 3.8) is 0 Å². The van der Waals surface area contributed by atoms with Crippen molar-refractivity contribution in [3.8, 4) is 0 Å². The Morgan fingerprint density at radius 2 is 2.16 bits per heavy atom. The molecule has 1 fully saturated rings. The Morgan fingerprint density at radius 1 is 1.32 bits per heavy atom. The lowest BCUT2D eigenvalue weighted by atomic mass is 9.82. The average Bonchev–Trinajstić information content (AvgIpc) is 3.05. The van der Waals surface area contributed by atoms with Gasteiger partial charge in [0.05, 0.1) is 23.8 Å². The van der Waals surface area contributed by atoms with Crippen LogP contribution in [-0.2, 0) is 16.0 Å². The average molecular weight is 342 g/mol. The number of nitrogens with one attached hydrogen (secondary N) is 1. The summed E-state index contributed by atoms with van der Waals surface area (Å²) in [6, 6.07) is 7.73. The molecule has 3 rings (SSSR count). The Kier molecular flexibility index (Phi) is 5.18. The van der Waals surface area contributed by atoms with Crippen molar-refractivity contribution in [2.75, 3.05) is 0 Å². The van der Waals surface area contributed by atoms with Gasteiger partial charge in [0.25, 0.3) is 0 Å². The zero-order valence-corrected chi connectivity index (χ0v) is 15.1. The van der Waals surface area contributed by atoms with Crippen molar-refractivity contribution in [1.29, 1.82) is 0 Å². The highest BCUT2D eigenvalue weighted by Gasteiger charge is 2.46. The maximum atomic E-state index is 12.3. The molecule has 6 heteroatoms. The number of aryl methyl sites for hydroxylation is 1. The van der Waals surface area contributed by atoms with Crippen molar-refractivity contribution >= 4 is 5.91 Å². The van der Waals surface area contributed by atoms with E-state index in [1.54, 1.807) is 12.4 Å². The fourth-order valence-electron chi connectivity index (χ4n) is 3.19. The molecule has 0 bridgehead atoms. The molecule has 1 aliphatic rings. The quantitative estimate of drug-likeness (QED) is 0.876. The normalized spacial score (nSPS) is 23.1. The molecule has 0 radical (unpaired) electrons. The van der Waals surface area contributed by atoms with Crippen LogP contribution in [0, 0.1) is 0 Å². The number of carbonyl (C=O) groups excluding carboxylic acids is 1. The molecule has 1 saturated carbocycles. The van der Waals surface area contributed by atoms with Gasteiger partial charge in [-0.1, -0.05) is 6.07 Å². The Balaban J connectivity index is 1.57. The van der Waals surface area contributed by atoms with Crippen LogP contribution in [-0.4, -0.2) is 38.4 Å². The first-order chi connectivity index (χ1) is 11.9. The van der Waals surface area contributed by atoms with Crippen LogP contribution < -0.4 is 5.32 Å². The second-order valence-electron chi connectivity index (χ2n) is 7.48. The first-order valence-electron chi connectivity index (χ1n) is 8.78. The summed E-state index contributed by atoms with van der Waals surface area (Å²) < 4.78 is 8.02. The molecular formula is C19H26N4O2. The third-order valence-corrected chi connectivity index (χ3v) is 4.30. The van der Waals surface area contributed by atoms with E-state index in [0.29, 0.717) is 12.8 Å². The van der Waals surface area contributed by atoms with Crippen LogP contribution >= 0.6 is 0 Å². The SMILES string of the molecule is CC(C)(C)OC1CC(NC(=O)CCc2ccccn2)C1n1cccn1. The summed E-state index contributed by atoms with van der Waals surface area (Å²) >= 11 is 0. The number of hydrogen-bond acceptors (Lipinski definition) is 4. The molecular weight excluding hydrogens is 316 g/mol. The van der Waals surface area contributed by atoms with Gasteiger partial charge in [0.15, 0.2) is 0 Å². The van der Waals surface area contributed by atoms with Gasteiger partial charge in [-0.05, 0) is 51.8 Å². The minimum absolute atomic E-state index is 0.0352. The summed E-state index contributed by atoms with van der Waals surface area (Å²) in [4.78, 5) is 16.6. The Hall–Kier alpha value is -2.21. The molecule has 0 aromatic carbocycles. The van der Waals surface area contributed by atoms with E-state index in [4.69, 9.17) is 4.74 Å². The Morgan fingerprint density at radius 3 is 2.80 bits per heavy atom. The van der Waals surface area contributed by atoms with Gasteiger partial charge >= 0.3 is 0 Å². The van der Waals surface area contributed by atoms with Gasteiger partial charge in [0, 0.05) is 30.7 Å². The maximum absolute atomic E-state index is 12.3. The summed E-state index contributed by atoms with van der Waals surface area (Å²) in [5.41, 5.74) is 0.716. The first kappa shape index (κ1) is 17.6. The van der Waals surface area contributed by atoms with Crippen molar-refractivity contribution in [2.24, 2.45) is 0 Å². The number of pyridine rings is 1. The van der Waals surface area contributed by atoms with Crippen LogP contribution in [0.1, 0.15) is 45.3 Å². The zero-order valence-electron chi connectivity index (χ0n) is 15.1. The molecule has 134 valence electrons. The molecule has 3 unspecified atom stereocenters. The molecule has 6 nitrogen and oxygen atoms in total. The lowest BCUT2D eigenvalue weighted by Gasteiger charge is -2.46. The zero-order chi connectivity index (χ0) is 17.9. The minimum atomic E-state index is -0.218. The molecule has 2 aromatic rings. The highest BCUT2D eigenvalue weighted by Crippen LogP contribution is 2.37. The van der Waals surface area contributed by atoms with Gasteiger partial charge in [-0.15, -0.1) is 0 Å². The highest BCUT2D eigenvalue weighted by atomic mass is 16.5. The van der Waals surface area contributed by atoms with E-state index in [9.17, 15) is 4.79 Å². The fraction of sp³-hybridized carbons (Fsp3) is 0.526. The largest absolute Gasteiger partial charge is 0.370 e. The Bertz CT molecular complexity index is 679. The van der Waals surface area contributed by atoms with Gasteiger partial charge in [-0.2, -0.15) is 5.10 Å². The van der Waals surface area contributed by atoms with Gasteiger partial charge in [0.2, 0.25) is 5.91 Å². The number of carbonyl (C=O) groups is 1.